The van der Waals surface area contributed by atoms with Crippen molar-refractivity contribution in [3.8, 4) is 0 Å². The number of thioether (sulfide) groups is 1. The smallest absolute Gasteiger partial charge is 0.245 e. The van der Waals surface area contributed by atoms with E-state index < -0.39 is 0 Å². The second-order valence-electron chi connectivity index (χ2n) is 5.62. The lowest BCUT2D eigenvalue weighted by atomic mass is 10.1. The van der Waals surface area contributed by atoms with Gasteiger partial charge in [-0.25, -0.2) is 0 Å². The summed E-state index contributed by atoms with van der Waals surface area (Å²) in [6, 6.07) is 7.81. The van der Waals surface area contributed by atoms with E-state index in [2.05, 4.69) is 12.1 Å². The average Bonchev–Trinajstić information content (AvgIpc) is 2.94. The first-order valence-corrected chi connectivity index (χ1v) is 8.97. The van der Waals surface area contributed by atoms with Crippen LogP contribution in [0.4, 0.5) is 0 Å². The van der Waals surface area contributed by atoms with Crippen LogP contribution in [0.1, 0.15) is 31.7 Å². The maximum Gasteiger partial charge on any atom is 0.245 e. The summed E-state index contributed by atoms with van der Waals surface area (Å²) in [6.45, 7) is 3.25. The first-order valence-electron chi connectivity index (χ1n) is 7.74. The fraction of sp³-hybridized carbons (Fsp3) is 0.529. The molecule has 120 valence electrons. The Hall–Kier alpha value is -1.49. The van der Waals surface area contributed by atoms with E-state index in [-0.39, 0.29) is 17.9 Å². The Morgan fingerprint density at radius 3 is 2.73 bits per heavy atom. The SMILES string of the molecule is CC[C@H](C(=O)N(C)Cc1ccccc1SC)N1CCCC1=O. The molecule has 0 saturated carbocycles. The molecule has 0 aromatic heterocycles. The summed E-state index contributed by atoms with van der Waals surface area (Å²) in [5, 5.41) is 0. The van der Waals surface area contributed by atoms with E-state index in [0.29, 0.717) is 25.9 Å². The van der Waals surface area contributed by atoms with E-state index in [1.807, 2.05) is 32.4 Å². The van der Waals surface area contributed by atoms with Crippen LogP contribution in [0.3, 0.4) is 0 Å². The number of hydrogen-bond acceptors (Lipinski definition) is 3. The molecule has 2 rings (SSSR count). The van der Waals surface area contributed by atoms with Gasteiger partial charge in [-0.1, -0.05) is 25.1 Å². The van der Waals surface area contributed by atoms with Crippen molar-refractivity contribution in [2.24, 2.45) is 0 Å². The molecule has 1 aliphatic heterocycles. The zero-order valence-electron chi connectivity index (χ0n) is 13.5. The van der Waals surface area contributed by atoms with Gasteiger partial charge in [0.25, 0.3) is 0 Å². The normalized spacial score (nSPS) is 16.0. The maximum atomic E-state index is 12.7. The third kappa shape index (κ3) is 3.64. The number of hydrogen-bond donors (Lipinski definition) is 0. The molecule has 1 saturated heterocycles. The molecule has 1 atom stereocenters. The molecular formula is C17H24N2O2S. The van der Waals surface area contributed by atoms with Gasteiger partial charge in [0.05, 0.1) is 0 Å². The number of likely N-dealkylation sites (N-methyl/N-ethyl adjacent to an activating group) is 1. The molecule has 22 heavy (non-hydrogen) atoms. The number of likely N-dealkylation sites (tertiary alicyclic amines) is 1. The number of carbonyl (C=O) groups excluding carboxylic acids is 2. The van der Waals surface area contributed by atoms with E-state index in [0.717, 1.165) is 12.0 Å². The van der Waals surface area contributed by atoms with Gasteiger partial charge in [-0.2, -0.15) is 0 Å². The summed E-state index contributed by atoms with van der Waals surface area (Å²) in [5.41, 5.74) is 1.15. The summed E-state index contributed by atoms with van der Waals surface area (Å²) < 4.78 is 0. The highest BCUT2D eigenvalue weighted by atomic mass is 32.2. The zero-order chi connectivity index (χ0) is 16.1. The van der Waals surface area contributed by atoms with E-state index in [4.69, 9.17) is 0 Å². The molecule has 1 aliphatic rings. The minimum atomic E-state index is -0.318. The van der Waals surface area contributed by atoms with Crippen LogP contribution in [0.15, 0.2) is 29.2 Å². The molecule has 0 bridgehead atoms. The molecule has 5 heteroatoms. The van der Waals surface area contributed by atoms with Crippen LogP contribution in [0, 0.1) is 0 Å². The van der Waals surface area contributed by atoms with Crippen molar-refractivity contribution in [3.63, 3.8) is 0 Å². The third-order valence-corrected chi connectivity index (χ3v) is 4.97. The first kappa shape index (κ1) is 16.9. The monoisotopic (exact) mass is 320 g/mol. The van der Waals surface area contributed by atoms with Gasteiger partial charge in [0.15, 0.2) is 0 Å². The van der Waals surface area contributed by atoms with Crippen LogP contribution in [0.2, 0.25) is 0 Å². The minimum absolute atomic E-state index is 0.0358. The lowest BCUT2D eigenvalue weighted by Crippen LogP contribution is -2.47. The minimum Gasteiger partial charge on any atom is -0.340 e. The Morgan fingerprint density at radius 2 is 2.14 bits per heavy atom. The second-order valence-corrected chi connectivity index (χ2v) is 6.47. The van der Waals surface area contributed by atoms with Gasteiger partial charge < -0.3 is 9.80 Å². The Labute approximate surface area is 136 Å². The van der Waals surface area contributed by atoms with E-state index in [1.54, 1.807) is 21.6 Å². The molecule has 1 heterocycles. The maximum absolute atomic E-state index is 12.7. The fourth-order valence-corrected chi connectivity index (χ4v) is 3.56. The van der Waals surface area contributed by atoms with Gasteiger partial charge in [0.2, 0.25) is 11.8 Å². The lowest BCUT2D eigenvalue weighted by Gasteiger charge is -2.30. The first-order chi connectivity index (χ1) is 10.6. The predicted octanol–water partition coefficient (Wildman–Crippen LogP) is 2.77. The lowest BCUT2D eigenvalue weighted by molar-refractivity contribution is -0.143. The molecule has 0 N–H and O–H groups in total. The Balaban J connectivity index is 2.08. The van der Waals surface area contributed by atoms with Crippen molar-refractivity contribution < 1.29 is 9.59 Å². The Morgan fingerprint density at radius 1 is 1.41 bits per heavy atom. The molecule has 0 unspecified atom stereocenters. The third-order valence-electron chi connectivity index (χ3n) is 4.13. The standard InChI is InChI=1S/C17H24N2O2S/c1-4-14(19-11-7-10-16(19)20)17(21)18(2)12-13-8-5-6-9-15(13)22-3/h5-6,8-9,14H,4,7,10-12H2,1-3H3/t14-/m1/s1. The highest BCUT2D eigenvalue weighted by Crippen LogP contribution is 2.22. The molecular weight excluding hydrogens is 296 g/mol. The molecule has 0 aliphatic carbocycles. The quantitative estimate of drug-likeness (QED) is 0.757. The summed E-state index contributed by atoms with van der Waals surface area (Å²) in [4.78, 5) is 29.3. The van der Waals surface area contributed by atoms with Crippen LogP contribution < -0.4 is 0 Å². The molecule has 1 fully saturated rings. The number of benzene rings is 1. The average molecular weight is 320 g/mol. The van der Waals surface area contributed by atoms with Crippen molar-refractivity contribution in [3.05, 3.63) is 29.8 Å². The van der Waals surface area contributed by atoms with E-state index in [9.17, 15) is 9.59 Å². The van der Waals surface area contributed by atoms with Crippen LogP contribution in [-0.2, 0) is 16.1 Å². The predicted molar refractivity (Wildman–Crippen MR) is 89.7 cm³/mol. The summed E-state index contributed by atoms with van der Waals surface area (Å²) in [7, 11) is 1.82. The largest absolute Gasteiger partial charge is 0.340 e. The van der Waals surface area contributed by atoms with Crippen molar-refractivity contribution in [1.29, 1.82) is 0 Å². The molecule has 0 spiro atoms. The molecule has 1 aromatic rings. The molecule has 0 radical (unpaired) electrons. The highest BCUT2D eigenvalue weighted by Gasteiger charge is 2.33. The van der Waals surface area contributed by atoms with Gasteiger partial charge in [0, 0.05) is 31.5 Å². The van der Waals surface area contributed by atoms with Crippen LogP contribution in [-0.4, -0.2) is 47.5 Å². The van der Waals surface area contributed by atoms with Gasteiger partial charge in [-0.05, 0) is 30.7 Å². The zero-order valence-corrected chi connectivity index (χ0v) is 14.4. The number of rotatable bonds is 6. The summed E-state index contributed by atoms with van der Waals surface area (Å²) in [5.74, 6) is 0.145. The van der Waals surface area contributed by atoms with Crippen molar-refractivity contribution >= 4 is 23.6 Å². The van der Waals surface area contributed by atoms with Crippen molar-refractivity contribution in [1.82, 2.24) is 9.80 Å². The van der Waals surface area contributed by atoms with Gasteiger partial charge >= 0.3 is 0 Å². The summed E-state index contributed by atoms with van der Waals surface area (Å²) >= 11 is 1.69. The fourth-order valence-electron chi connectivity index (χ4n) is 2.95. The number of amides is 2. The van der Waals surface area contributed by atoms with Crippen LogP contribution in [0.5, 0.6) is 0 Å². The Kier molecular flexibility index (Phi) is 5.89. The van der Waals surface area contributed by atoms with Crippen molar-refractivity contribution in [2.45, 2.75) is 43.7 Å². The van der Waals surface area contributed by atoms with E-state index >= 15 is 0 Å². The molecule has 4 nitrogen and oxygen atoms in total. The highest BCUT2D eigenvalue weighted by molar-refractivity contribution is 7.98. The summed E-state index contributed by atoms with van der Waals surface area (Å²) in [6.07, 6.45) is 4.14. The van der Waals surface area contributed by atoms with Gasteiger partial charge in [0.1, 0.15) is 6.04 Å². The van der Waals surface area contributed by atoms with Crippen LogP contribution in [0.25, 0.3) is 0 Å². The van der Waals surface area contributed by atoms with Gasteiger partial charge in [-0.15, -0.1) is 11.8 Å². The number of nitrogens with zero attached hydrogens (tertiary/aromatic N) is 2. The number of carbonyl (C=O) groups is 2. The molecule has 1 aromatic carbocycles. The van der Waals surface area contributed by atoms with Crippen molar-refractivity contribution in [2.75, 3.05) is 19.8 Å². The Bertz CT molecular complexity index is 547. The van der Waals surface area contributed by atoms with Crippen LogP contribution >= 0.6 is 11.8 Å². The van der Waals surface area contributed by atoms with Gasteiger partial charge in [-0.3, -0.25) is 9.59 Å². The van der Waals surface area contributed by atoms with E-state index in [1.165, 1.54) is 4.90 Å². The second kappa shape index (κ2) is 7.68. The molecule has 2 amide bonds. The topological polar surface area (TPSA) is 40.6 Å².